The van der Waals surface area contributed by atoms with Crippen LogP contribution in [0.15, 0.2) is 29.2 Å². The lowest BCUT2D eigenvalue weighted by Crippen LogP contribution is -2.39. The van der Waals surface area contributed by atoms with E-state index in [9.17, 15) is 14.7 Å². The van der Waals surface area contributed by atoms with Crippen LogP contribution in [0.3, 0.4) is 0 Å². The van der Waals surface area contributed by atoms with E-state index in [4.69, 9.17) is 16.3 Å². The van der Waals surface area contributed by atoms with Crippen LogP contribution in [0.2, 0.25) is 5.02 Å². The van der Waals surface area contributed by atoms with Gasteiger partial charge in [-0.2, -0.15) is 0 Å². The molecule has 1 N–H and O–H groups in total. The van der Waals surface area contributed by atoms with E-state index in [1.165, 1.54) is 0 Å². The summed E-state index contributed by atoms with van der Waals surface area (Å²) in [6.45, 7) is 0. The maximum absolute atomic E-state index is 11.9. The van der Waals surface area contributed by atoms with Crippen molar-refractivity contribution in [1.29, 1.82) is 0 Å². The fourth-order valence-corrected chi connectivity index (χ4v) is 5.73. The van der Waals surface area contributed by atoms with Crippen LogP contribution in [-0.2, 0) is 14.3 Å². The summed E-state index contributed by atoms with van der Waals surface area (Å²) in [5.74, 6) is -2.13. The molecule has 1 aromatic carbocycles. The maximum Gasteiger partial charge on any atom is 0.310 e. The van der Waals surface area contributed by atoms with Crippen molar-refractivity contribution in [2.75, 3.05) is 0 Å². The van der Waals surface area contributed by atoms with E-state index in [1.54, 1.807) is 11.8 Å². The molecule has 21 heavy (non-hydrogen) atoms. The van der Waals surface area contributed by atoms with Gasteiger partial charge in [0.1, 0.15) is 6.10 Å². The third kappa shape index (κ3) is 1.90. The third-order valence-corrected chi connectivity index (χ3v) is 6.60. The van der Waals surface area contributed by atoms with Crippen molar-refractivity contribution in [2.45, 2.75) is 22.7 Å². The van der Waals surface area contributed by atoms with Gasteiger partial charge in [0.2, 0.25) is 0 Å². The Balaban J connectivity index is 1.63. The summed E-state index contributed by atoms with van der Waals surface area (Å²) in [6.07, 6.45) is 0.646. The SMILES string of the molecule is O=C1O[C@@H]2[C@H]3C[C@@H]([C@@H]2Sc2ccc(Cl)cc2)[C@H](C(=O)O)[C@@H]13. The fourth-order valence-electron chi connectivity index (χ4n) is 4.15. The van der Waals surface area contributed by atoms with Gasteiger partial charge in [0, 0.05) is 15.8 Å². The van der Waals surface area contributed by atoms with Gasteiger partial charge in [-0.25, -0.2) is 0 Å². The lowest BCUT2D eigenvalue weighted by atomic mass is 9.80. The highest BCUT2D eigenvalue weighted by molar-refractivity contribution is 8.00. The molecule has 2 bridgehead atoms. The molecule has 4 nitrogen and oxygen atoms in total. The number of rotatable bonds is 3. The Morgan fingerprint density at radius 3 is 2.67 bits per heavy atom. The molecule has 0 aromatic heterocycles. The van der Waals surface area contributed by atoms with E-state index in [0.29, 0.717) is 5.02 Å². The largest absolute Gasteiger partial charge is 0.481 e. The molecule has 2 aliphatic carbocycles. The molecule has 3 fully saturated rings. The lowest BCUT2D eigenvalue weighted by Gasteiger charge is -2.29. The Bertz CT molecular complexity index is 617. The fraction of sp³-hybridized carbons (Fsp3) is 0.467. The molecular formula is C15H13ClO4S. The summed E-state index contributed by atoms with van der Waals surface area (Å²) in [6, 6.07) is 7.47. The number of carboxylic acids is 1. The Morgan fingerprint density at radius 2 is 2.00 bits per heavy atom. The average molecular weight is 325 g/mol. The molecule has 3 aliphatic rings. The standard InChI is InChI=1S/C15H13ClO4S/c16-6-1-3-7(4-2-6)21-13-9-5-8-11(10(9)14(17)18)15(19)20-12(8)13/h1-4,8-13H,5H2,(H,17,18)/t8-,9+,10-,11-,12+,13-/m0/s1. The highest BCUT2D eigenvalue weighted by Crippen LogP contribution is 2.61. The summed E-state index contributed by atoms with van der Waals surface area (Å²) in [7, 11) is 0. The number of esters is 1. The Hall–Kier alpha value is -1.20. The minimum absolute atomic E-state index is 0.00891. The number of hydrogen-bond acceptors (Lipinski definition) is 4. The molecule has 0 spiro atoms. The topological polar surface area (TPSA) is 63.6 Å². The van der Waals surface area contributed by atoms with Gasteiger partial charge in [0.05, 0.1) is 17.1 Å². The van der Waals surface area contributed by atoms with Crippen LogP contribution in [0, 0.1) is 23.7 Å². The number of fused-ring (bicyclic) bond motifs is 1. The van der Waals surface area contributed by atoms with E-state index >= 15 is 0 Å². The van der Waals surface area contributed by atoms with Gasteiger partial charge in [-0.15, -0.1) is 11.8 Å². The minimum atomic E-state index is -0.869. The molecular weight excluding hydrogens is 312 g/mol. The van der Waals surface area contributed by atoms with Crippen molar-refractivity contribution in [3.63, 3.8) is 0 Å². The van der Waals surface area contributed by atoms with Gasteiger partial charge in [-0.3, -0.25) is 9.59 Å². The van der Waals surface area contributed by atoms with Gasteiger partial charge < -0.3 is 9.84 Å². The zero-order valence-corrected chi connectivity index (χ0v) is 12.5. The number of halogens is 1. The number of carbonyl (C=O) groups excluding carboxylic acids is 1. The summed E-state index contributed by atoms with van der Waals surface area (Å²) in [5, 5.41) is 10.2. The first-order chi connectivity index (χ1) is 10.1. The molecule has 0 amide bonds. The van der Waals surface area contributed by atoms with Crippen molar-refractivity contribution in [1.82, 2.24) is 0 Å². The molecule has 6 heteroatoms. The molecule has 1 aliphatic heterocycles. The van der Waals surface area contributed by atoms with Crippen LogP contribution < -0.4 is 0 Å². The Morgan fingerprint density at radius 1 is 1.29 bits per heavy atom. The van der Waals surface area contributed by atoms with Crippen molar-refractivity contribution in [2.24, 2.45) is 23.7 Å². The molecule has 110 valence electrons. The number of benzene rings is 1. The van der Waals surface area contributed by atoms with Crippen LogP contribution in [-0.4, -0.2) is 28.4 Å². The second-order valence-corrected chi connectivity index (χ2v) is 7.58. The van der Waals surface area contributed by atoms with Gasteiger partial charge in [-0.1, -0.05) is 11.6 Å². The number of carbonyl (C=O) groups is 2. The van der Waals surface area contributed by atoms with E-state index in [1.807, 2.05) is 24.3 Å². The van der Waals surface area contributed by atoms with Gasteiger partial charge >= 0.3 is 11.9 Å². The van der Waals surface area contributed by atoms with E-state index in [2.05, 4.69) is 0 Å². The second-order valence-electron chi connectivity index (χ2n) is 5.89. The number of carboxylic acid groups (broad SMARTS) is 1. The van der Waals surface area contributed by atoms with Crippen LogP contribution in [0.4, 0.5) is 0 Å². The first kappa shape index (κ1) is 13.5. The average Bonchev–Trinajstić information content (AvgIpc) is 3.04. The van der Waals surface area contributed by atoms with Gasteiger partial charge in [-0.05, 0) is 36.6 Å². The zero-order valence-electron chi connectivity index (χ0n) is 10.9. The monoisotopic (exact) mass is 324 g/mol. The summed E-state index contributed by atoms with van der Waals surface area (Å²) in [4.78, 5) is 24.5. The smallest absolute Gasteiger partial charge is 0.310 e. The molecule has 0 unspecified atom stereocenters. The Labute approximate surface area is 130 Å². The van der Waals surface area contributed by atoms with Crippen molar-refractivity contribution < 1.29 is 19.4 Å². The first-order valence-electron chi connectivity index (χ1n) is 6.92. The summed E-state index contributed by atoms with van der Waals surface area (Å²) >= 11 is 7.49. The predicted octanol–water partition coefficient (Wildman–Crippen LogP) is 2.69. The van der Waals surface area contributed by atoms with E-state index < -0.39 is 17.8 Å². The van der Waals surface area contributed by atoms with Crippen LogP contribution in [0.25, 0.3) is 0 Å². The van der Waals surface area contributed by atoms with Crippen molar-refractivity contribution >= 4 is 35.3 Å². The molecule has 1 aromatic rings. The van der Waals surface area contributed by atoms with Gasteiger partial charge in [0.15, 0.2) is 0 Å². The minimum Gasteiger partial charge on any atom is -0.481 e. The molecule has 6 atom stereocenters. The van der Waals surface area contributed by atoms with Gasteiger partial charge in [0.25, 0.3) is 0 Å². The normalized spacial score (nSPS) is 39.6. The van der Waals surface area contributed by atoms with E-state index in [0.717, 1.165) is 11.3 Å². The number of ether oxygens (including phenoxy) is 1. The summed E-state index contributed by atoms with van der Waals surface area (Å²) < 4.78 is 5.48. The first-order valence-corrected chi connectivity index (χ1v) is 8.17. The molecule has 1 saturated heterocycles. The Kier molecular flexibility index (Phi) is 2.98. The van der Waals surface area contributed by atoms with E-state index in [-0.39, 0.29) is 29.2 Å². The van der Waals surface area contributed by atoms with Crippen molar-refractivity contribution in [3.8, 4) is 0 Å². The number of hydrogen-bond donors (Lipinski definition) is 1. The third-order valence-electron chi connectivity index (χ3n) is 4.92. The molecule has 2 saturated carbocycles. The number of thioether (sulfide) groups is 1. The molecule has 4 rings (SSSR count). The van der Waals surface area contributed by atoms with Crippen LogP contribution in [0.5, 0.6) is 0 Å². The second kappa shape index (κ2) is 4.65. The summed E-state index contributed by atoms with van der Waals surface area (Å²) in [5.41, 5.74) is 0. The zero-order chi connectivity index (χ0) is 14.7. The highest BCUT2D eigenvalue weighted by Gasteiger charge is 2.68. The molecule has 0 radical (unpaired) electrons. The maximum atomic E-state index is 11.9. The quantitative estimate of drug-likeness (QED) is 0.866. The predicted molar refractivity (Wildman–Crippen MR) is 77.2 cm³/mol. The van der Waals surface area contributed by atoms with Crippen LogP contribution >= 0.6 is 23.4 Å². The highest BCUT2D eigenvalue weighted by atomic mass is 35.5. The van der Waals surface area contributed by atoms with Crippen LogP contribution in [0.1, 0.15) is 6.42 Å². The molecule has 1 heterocycles. The number of aliphatic carboxylic acids is 1. The lowest BCUT2D eigenvalue weighted by molar-refractivity contribution is -0.151. The van der Waals surface area contributed by atoms with Crippen molar-refractivity contribution in [3.05, 3.63) is 29.3 Å².